The molecule has 0 heterocycles. The highest BCUT2D eigenvalue weighted by molar-refractivity contribution is 7.92. The molecule has 108 valence electrons. The van der Waals surface area contributed by atoms with Crippen molar-refractivity contribution in [2.75, 3.05) is 19.8 Å². The van der Waals surface area contributed by atoms with E-state index in [9.17, 15) is 16.8 Å². The quantitative estimate of drug-likeness (QED) is 0.668. The normalized spacial score (nSPS) is 12.5. The first-order valence-electron chi connectivity index (χ1n) is 5.48. The van der Waals surface area contributed by atoms with E-state index in [4.69, 9.17) is 9.88 Å². The van der Waals surface area contributed by atoms with Crippen LogP contribution in [-0.2, 0) is 24.8 Å². The fourth-order valence-corrected chi connectivity index (χ4v) is 3.77. The van der Waals surface area contributed by atoms with Gasteiger partial charge in [-0.2, -0.15) is 0 Å². The molecule has 1 rings (SSSR count). The summed E-state index contributed by atoms with van der Waals surface area (Å²) in [7, 11) is -8.05. The molecule has 9 heteroatoms. The lowest BCUT2D eigenvalue weighted by Crippen LogP contribution is -2.29. The van der Waals surface area contributed by atoms with E-state index in [1.165, 1.54) is 18.2 Å². The largest absolute Gasteiger partial charge is 0.380 e. The van der Waals surface area contributed by atoms with E-state index >= 15 is 0 Å². The summed E-state index contributed by atoms with van der Waals surface area (Å²) < 4.78 is 53.9. The van der Waals surface area contributed by atoms with Crippen LogP contribution in [0.3, 0.4) is 0 Å². The zero-order valence-electron chi connectivity index (χ0n) is 10.4. The van der Waals surface area contributed by atoms with Gasteiger partial charge in [-0.3, -0.25) is 0 Å². The second-order valence-corrected chi connectivity index (χ2v) is 6.85. The fourth-order valence-electron chi connectivity index (χ4n) is 1.38. The molecule has 0 atom stereocenters. The summed E-state index contributed by atoms with van der Waals surface area (Å²) in [5.74, 6) is 0. The van der Waals surface area contributed by atoms with Gasteiger partial charge in [-0.15, -0.1) is 0 Å². The van der Waals surface area contributed by atoms with Gasteiger partial charge in [-0.1, -0.05) is 12.1 Å². The van der Waals surface area contributed by atoms with Gasteiger partial charge in [0.1, 0.15) is 9.79 Å². The van der Waals surface area contributed by atoms with E-state index in [0.29, 0.717) is 6.61 Å². The molecule has 1 aromatic carbocycles. The second-order valence-electron chi connectivity index (χ2n) is 3.59. The van der Waals surface area contributed by atoms with Gasteiger partial charge in [0.05, 0.1) is 6.61 Å². The van der Waals surface area contributed by atoms with Crippen molar-refractivity contribution in [1.82, 2.24) is 4.72 Å². The first-order valence-corrected chi connectivity index (χ1v) is 8.51. The molecule has 0 unspecified atom stereocenters. The van der Waals surface area contributed by atoms with Crippen LogP contribution in [-0.4, -0.2) is 36.6 Å². The number of hydrogen-bond acceptors (Lipinski definition) is 5. The Morgan fingerprint density at radius 1 is 1.16 bits per heavy atom. The van der Waals surface area contributed by atoms with Crippen molar-refractivity contribution in [2.24, 2.45) is 5.14 Å². The van der Waals surface area contributed by atoms with Crippen LogP contribution >= 0.6 is 0 Å². The van der Waals surface area contributed by atoms with Crippen molar-refractivity contribution in [3.8, 4) is 0 Å². The summed E-state index contributed by atoms with van der Waals surface area (Å²) in [4.78, 5) is -0.798. The average Bonchev–Trinajstić information content (AvgIpc) is 2.34. The Morgan fingerprint density at radius 2 is 1.74 bits per heavy atom. The van der Waals surface area contributed by atoms with Crippen LogP contribution in [0.2, 0.25) is 0 Å². The monoisotopic (exact) mass is 308 g/mol. The molecule has 0 amide bonds. The van der Waals surface area contributed by atoms with Crippen molar-refractivity contribution in [2.45, 2.75) is 16.7 Å². The average molecular weight is 308 g/mol. The Bertz CT molecular complexity index is 625. The third-order valence-corrected chi connectivity index (χ3v) is 4.81. The smallest absolute Gasteiger partial charge is 0.241 e. The van der Waals surface area contributed by atoms with Gasteiger partial charge in [-0.05, 0) is 19.1 Å². The molecule has 19 heavy (non-hydrogen) atoms. The standard InChI is InChI=1S/C10H16N2O5S2/c1-2-17-8-7-12-19(15,16)10-6-4-3-5-9(10)18(11,13)14/h3-6,12H,2,7-8H2,1H3,(H2,11,13,14). The Hall–Kier alpha value is -1.00. The number of nitrogens with two attached hydrogens (primary N) is 1. The third-order valence-electron chi connectivity index (χ3n) is 2.19. The van der Waals surface area contributed by atoms with Crippen LogP contribution in [0.1, 0.15) is 6.92 Å². The summed E-state index contributed by atoms with van der Waals surface area (Å²) in [5, 5.41) is 4.99. The highest BCUT2D eigenvalue weighted by atomic mass is 32.2. The van der Waals surface area contributed by atoms with Gasteiger partial charge in [-0.25, -0.2) is 26.7 Å². The van der Waals surface area contributed by atoms with E-state index in [2.05, 4.69) is 4.72 Å². The van der Waals surface area contributed by atoms with Crippen LogP contribution in [0.15, 0.2) is 34.1 Å². The maximum absolute atomic E-state index is 12.0. The van der Waals surface area contributed by atoms with Crippen molar-refractivity contribution in [1.29, 1.82) is 0 Å². The summed E-state index contributed by atoms with van der Waals surface area (Å²) in [6.45, 7) is 2.50. The molecule has 0 saturated carbocycles. The summed E-state index contributed by atoms with van der Waals surface area (Å²) in [6, 6.07) is 5.15. The topological polar surface area (TPSA) is 116 Å². The van der Waals surface area contributed by atoms with Gasteiger partial charge < -0.3 is 4.74 Å². The minimum Gasteiger partial charge on any atom is -0.380 e. The highest BCUT2D eigenvalue weighted by Crippen LogP contribution is 2.18. The molecule has 7 nitrogen and oxygen atoms in total. The van der Waals surface area contributed by atoms with Crippen molar-refractivity contribution >= 4 is 20.0 Å². The van der Waals surface area contributed by atoms with Gasteiger partial charge in [0.15, 0.2) is 0 Å². The molecule has 0 fully saturated rings. The Kier molecular flexibility index (Phi) is 5.44. The number of sulfonamides is 2. The maximum atomic E-state index is 12.0. The minimum atomic E-state index is -4.10. The van der Waals surface area contributed by atoms with Gasteiger partial charge in [0.25, 0.3) is 0 Å². The predicted molar refractivity (Wildman–Crippen MR) is 69.5 cm³/mol. The fraction of sp³-hybridized carbons (Fsp3) is 0.400. The van der Waals surface area contributed by atoms with Crippen LogP contribution in [0.25, 0.3) is 0 Å². The summed E-state index contributed by atoms with van der Waals surface area (Å²) >= 11 is 0. The highest BCUT2D eigenvalue weighted by Gasteiger charge is 2.23. The SMILES string of the molecule is CCOCCNS(=O)(=O)c1ccccc1S(N)(=O)=O. The summed E-state index contributed by atoms with van der Waals surface area (Å²) in [6.07, 6.45) is 0. The van der Waals surface area contributed by atoms with Crippen molar-refractivity contribution < 1.29 is 21.6 Å². The van der Waals surface area contributed by atoms with Crippen molar-refractivity contribution in [3.05, 3.63) is 24.3 Å². The molecule has 0 radical (unpaired) electrons. The van der Waals surface area contributed by atoms with E-state index in [1.807, 2.05) is 0 Å². The zero-order valence-corrected chi connectivity index (χ0v) is 12.0. The zero-order chi connectivity index (χ0) is 14.5. The Labute approximate surface area is 112 Å². The summed E-state index contributed by atoms with van der Waals surface area (Å²) in [5.41, 5.74) is 0. The number of hydrogen-bond donors (Lipinski definition) is 2. The predicted octanol–water partition coefficient (Wildman–Crippen LogP) is -0.351. The van der Waals surface area contributed by atoms with Gasteiger partial charge >= 0.3 is 0 Å². The lowest BCUT2D eigenvalue weighted by molar-refractivity contribution is 0.153. The molecular weight excluding hydrogens is 292 g/mol. The lowest BCUT2D eigenvalue weighted by Gasteiger charge is -2.10. The van der Waals surface area contributed by atoms with E-state index < -0.39 is 24.9 Å². The number of ether oxygens (including phenoxy) is 1. The van der Waals surface area contributed by atoms with Crippen molar-refractivity contribution in [3.63, 3.8) is 0 Å². The van der Waals surface area contributed by atoms with E-state index in [0.717, 1.165) is 6.07 Å². The number of rotatable bonds is 7. The Balaban J connectivity index is 3.02. The second kappa shape index (κ2) is 6.44. The number of benzene rings is 1. The minimum absolute atomic E-state index is 0.0507. The molecule has 0 aliphatic carbocycles. The molecule has 3 N–H and O–H groups in total. The molecule has 0 saturated heterocycles. The Morgan fingerprint density at radius 3 is 2.26 bits per heavy atom. The van der Waals surface area contributed by atoms with Gasteiger partial charge in [0.2, 0.25) is 20.0 Å². The van der Waals surface area contributed by atoms with E-state index in [-0.39, 0.29) is 18.0 Å². The first kappa shape index (κ1) is 16.1. The molecule has 0 bridgehead atoms. The molecule has 0 aromatic heterocycles. The molecule has 1 aromatic rings. The van der Waals surface area contributed by atoms with Crippen LogP contribution in [0.4, 0.5) is 0 Å². The molecule has 0 aliphatic heterocycles. The van der Waals surface area contributed by atoms with Crippen LogP contribution < -0.4 is 9.86 Å². The first-order chi connectivity index (χ1) is 8.79. The molecule has 0 spiro atoms. The van der Waals surface area contributed by atoms with Crippen LogP contribution in [0, 0.1) is 0 Å². The maximum Gasteiger partial charge on any atom is 0.241 e. The lowest BCUT2D eigenvalue weighted by atomic mass is 10.4. The van der Waals surface area contributed by atoms with E-state index in [1.54, 1.807) is 6.92 Å². The molecule has 0 aliphatic rings. The van der Waals surface area contributed by atoms with Crippen LogP contribution in [0.5, 0.6) is 0 Å². The van der Waals surface area contributed by atoms with Gasteiger partial charge in [0, 0.05) is 13.2 Å². The number of primary sulfonamides is 1. The molecular formula is C10H16N2O5S2. The third kappa shape index (κ3) is 4.55. The number of nitrogens with one attached hydrogen (secondary N) is 1.